The van der Waals surface area contributed by atoms with Crippen molar-refractivity contribution in [3.05, 3.63) is 46.5 Å². The summed E-state index contributed by atoms with van der Waals surface area (Å²) < 4.78 is 0. The summed E-state index contributed by atoms with van der Waals surface area (Å²) in [5.74, 6) is -2.80. The van der Waals surface area contributed by atoms with E-state index in [1.165, 1.54) is 33.6 Å². The van der Waals surface area contributed by atoms with Crippen LogP contribution >= 0.6 is 28.4 Å². The van der Waals surface area contributed by atoms with Gasteiger partial charge in [0.05, 0.1) is 0 Å². The Kier molecular flexibility index (Phi) is 10.8. The molecule has 2 aromatic carbocycles. The average molecular weight is 673 g/mol. The predicted octanol–water partition coefficient (Wildman–Crippen LogP) is 9.28. The van der Waals surface area contributed by atoms with Crippen LogP contribution in [0.2, 0.25) is 0 Å². The third kappa shape index (κ3) is 7.13. The van der Waals surface area contributed by atoms with Gasteiger partial charge in [0.2, 0.25) is 0 Å². The Balaban J connectivity index is 0.00000722. The molecule has 2 nitrogen and oxygen atoms in total. The van der Waals surface area contributed by atoms with Gasteiger partial charge in [-0.15, -0.1) is 0 Å². The molecule has 2 rings (SSSR count). The van der Waals surface area contributed by atoms with Gasteiger partial charge in [-0.1, -0.05) is 83.1 Å². The summed E-state index contributed by atoms with van der Waals surface area (Å²) in [6.45, 7) is 27.5. The number of benzene rings is 2. The van der Waals surface area contributed by atoms with Gasteiger partial charge in [-0.2, -0.15) is 0 Å². The maximum Gasteiger partial charge on any atom is 0.276 e. The molecule has 0 saturated heterocycles. The van der Waals surface area contributed by atoms with Gasteiger partial charge in [-0.25, -0.2) is 0 Å². The molecule has 0 N–H and O–H groups in total. The Labute approximate surface area is 258 Å². The first-order valence-corrected chi connectivity index (χ1v) is 16.9. The Hall–Kier alpha value is -0.288. The van der Waals surface area contributed by atoms with Crippen LogP contribution in [0.25, 0.3) is 0 Å². The zero-order valence-corrected chi connectivity index (χ0v) is 30.7. The van der Waals surface area contributed by atoms with Crippen molar-refractivity contribution in [2.24, 2.45) is 0 Å². The third-order valence-electron chi connectivity index (χ3n) is 6.89. The van der Waals surface area contributed by atoms with E-state index in [-0.39, 0.29) is 42.1 Å². The van der Waals surface area contributed by atoms with Crippen LogP contribution in [0.3, 0.4) is 0 Å². The van der Waals surface area contributed by atoms with E-state index < -0.39 is 5.97 Å². The first kappa shape index (κ1) is 35.7. The minimum Gasteiger partial charge on any atom is -0.377 e. The molecule has 6 heteroatoms. The molecule has 0 heterocycles. The Morgan fingerprint density at radius 1 is 0.474 bits per heavy atom. The molecule has 0 atom stereocenters. The van der Waals surface area contributed by atoms with Gasteiger partial charge in [0, 0.05) is 71.1 Å². The second-order valence-corrected chi connectivity index (χ2v) is 20.6. The molecular formula is C32H52Cl2N2PPd+. The van der Waals surface area contributed by atoms with Gasteiger partial charge in [-0.05, 0) is 57.1 Å². The van der Waals surface area contributed by atoms with E-state index >= 15 is 0 Å². The van der Waals surface area contributed by atoms with Crippen LogP contribution in [0.15, 0.2) is 24.3 Å². The van der Waals surface area contributed by atoms with Crippen molar-refractivity contribution in [2.75, 3.05) is 38.0 Å². The summed E-state index contributed by atoms with van der Waals surface area (Å²) in [5.41, 5.74) is 7.21. The van der Waals surface area contributed by atoms with Crippen LogP contribution in [0.1, 0.15) is 105 Å². The fourth-order valence-electron chi connectivity index (χ4n) is 5.54. The molecule has 218 valence electrons. The summed E-state index contributed by atoms with van der Waals surface area (Å²) in [7, 11) is 8.48. The number of rotatable bonds is 4. The molecule has 0 fully saturated rings. The van der Waals surface area contributed by atoms with E-state index in [4.69, 9.17) is 22.5 Å². The monoisotopic (exact) mass is 671 g/mol. The number of hydrogen-bond donors (Lipinski definition) is 0. The van der Waals surface area contributed by atoms with Crippen molar-refractivity contribution in [2.45, 2.75) is 105 Å². The van der Waals surface area contributed by atoms with Crippen LogP contribution in [0, 0.1) is 0 Å². The van der Waals surface area contributed by atoms with Gasteiger partial charge < -0.3 is 9.80 Å². The molecule has 38 heavy (non-hydrogen) atoms. The predicted molar refractivity (Wildman–Crippen MR) is 174 cm³/mol. The molecule has 0 aromatic heterocycles. The topological polar surface area (TPSA) is 6.48 Å². The molecule has 0 bridgehead atoms. The third-order valence-corrected chi connectivity index (χ3v) is 11.0. The van der Waals surface area contributed by atoms with Crippen molar-refractivity contribution in [3.8, 4) is 0 Å². The van der Waals surface area contributed by atoms with Gasteiger partial charge in [0.15, 0.2) is 0 Å². The number of hydrogen-bond acceptors (Lipinski definition) is 2. The summed E-state index contributed by atoms with van der Waals surface area (Å²) in [5, 5.41) is 2.17. The summed E-state index contributed by atoms with van der Waals surface area (Å²) >= 11 is 15.5. The molecule has 0 radical (unpaired) electrons. The number of nitrogens with zero attached hydrogens (tertiary/aromatic N) is 2. The zero-order valence-electron chi connectivity index (χ0n) is 26.7. The normalized spacial score (nSPS) is 13.3. The van der Waals surface area contributed by atoms with Crippen molar-refractivity contribution >= 4 is 50.4 Å². The molecule has 0 aliphatic carbocycles. The summed E-state index contributed by atoms with van der Waals surface area (Å²) in [6, 6.07) is 8.87. The van der Waals surface area contributed by atoms with Gasteiger partial charge >= 0.3 is 0 Å². The molecule has 0 spiro atoms. The van der Waals surface area contributed by atoms with Crippen molar-refractivity contribution in [1.29, 1.82) is 0 Å². The number of halogens is 2. The quantitative estimate of drug-likeness (QED) is 0.236. The second-order valence-electron chi connectivity index (χ2n) is 15.0. The van der Waals surface area contributed by atoms with Crippen molar-refractivity contribution in [3.63, 3.8) is 0 Å². The van der Waals surface area contributed by atoms with E-state index in [1.54, 1.807) is 0 Å². The molecule has 2 aromatic rings. The standard InChI is InChI=1S/C32H52Cl2N2P.Pd/c1-29(2,3)25-21(35(13)14)17-19-23(27(25)31(7,8)9)37(33,34)24-20-18-22(36(15)16)26(30(4,5)6)28(24)32(10,11)12;/h17-20H,1-16H3;/q+1;. The number of anilines is 2. The van der Waals surface area contributed by atoms with Crippen molar-refractivity contribution in [1.82, 2.24) is 0 Å². The Morgan fingerprint density at radius 3 is 0.895 bits per heavy atom. The average Bonchev–Trinajstić information content (AvgIpc) is 2.68. The maximum absolute atomic E-state index is 7.77. The minimum atomic E-state index is -2.80. The van der Waals surface area contributed by atoms with Gasteiger partial charge in [0.1, 0.15) is 33.1 Å². The smallest absolute Gasteiger partial charge is 0.276 e. The maximum atomic E-state index is 7.77. The summed E-state index contributed by atoms with van der Waals surface area (Å²) in [6.07, 6.45) is 0. The second kappa shape index (κ2) is 11.5. The Bertz CT molecular complexity index is 1050. The van der Waals surface area contributed by atoms with E-state index in [0.29, 0.717) is 0 Å². The summed E-state index contributed by atoms with van der Waals surface area (Å²) in [4.78, 5) is 4.43. The van der Waals surface area contributed by atoms with Crippen LogP contribution in [0.5, 0.6) is 0 Å². The fourth-order valence-corrected chi connectivity index (χ4v) is 9.47. The van der Waals surface area contributed by atoms with E-state index in [9.17, 15) is 0 Å². The zero-order chi connectivity index (χ0) is 29.1. The molecular weight excluding hydrogens is 621 g/mol. The van der Waals surface area contributed by atoms with Crippen LogP contribution in [0.4, 0.5) is 11.4 Å². The minimum absolute atomic E-state index is 0. The van der Waals surface area contributed by atoms with E-state index in [0.717, 1.165) is 10.6 Å². The van der Waals surface area contributed by atoms with E-state index in [1.807, 2.05) is 0 Å². The molecule has 0 amide bonds. The largest absolute Gasteiger partial charge is 0.377 e. The molecule has 0 unspecified atom stereocenters. The Morgan fingerprint density at radius 2 is 0.711 bits per heavy atom. The van der Waals surface area contributed by atoms with Crippen LogP contribution in [-0.4, -0.2) is 28.2 Å². The first-order valence-electron chi connectivity index (χ1n) is 13.3. The van der Waals surface area contributed by atoms with Crippen molar-refractivity contribution < 1.29 is 20.4 Å². The molecule has 0 aliphatic heterocycles. The first-order chi connectivity index (χ1) is 16.3. The SMILES string of the molecule is CN(C)c1ccc([P+](Cl)(Cl)c2ccc(N(C)C)c(C(C)(C)C)c2C(C)(C)C)c(C(C)(C)C)c1C(C)(C)C.[Pd]. The fraction of sp³-hybridized carbons (Fsp3) is 0.625. The van der Waals surface area contributed by atoms with Gasteiger partial charge in [-0.3, -0.25) is 0 Å². The van der Waals surface area contributed by atoms with Crippen LogP contribution in [-0.2, 0) is 42.1 Å². The molecule has 0 saturated carbocycles. The molecule has 0 aliphatic rings. The van der Waals surface area contributed by atoms with Gasteiger partial charge in [0.25, 0.3) is 5.97 Å². The van der Waals surface area contributed by atoms with E-state index in [2.05, 4.69) is 145 Å². The van der Waals surface area contributed by atoms with Crippen LogP contribution < -0.4 is 20.4 Å².